The van der Waals surface area contributed by atoms with Gasteiger partial charge in [-0.2, -0.15) is 0 Å². The van der Waals surface area contributed by atoms with Crippen molar-refractivity contribution in [3.05, 3.63) is 35.4 Å². The Balaban J connectivity index is 2.57. The van der Waals surface area contributed by atoms with Crippen LogP contribution < -0.4 is 11.1 Å². The van der Waals surface area contributed by atoms with Crippen LogP contribution in [0.5, 0.6) is 0 Å². The molecule has 0 aliphatic carbocycles. The Bertz CT molecular complexity index is 398. The van der Waals surface area contributed by atoms with Crippen LogP contribution in [0.4, 0.5) is 0 Å². The second kappa shape index (κ2) is 7.29. The van der Waals surface area contributed by atoms with E-state index >= 15 is 0 Å². The molecular weight excluding hydrogens is 236 g/mol. The molecule has 2 atom stereocenters. The van der Waals surface area contributed by atoms with E-state index in [2.05, 4.69) is 50.4 Å². The molecule has 1 rings (SSSR count). The minimum atomic E-state index is -0.233. The number of hydrogen-bond acceptors (Lipinski definition) is 1. The molecule has 0 saturated heterocycles. The number of quaternary nitrogens is 1. The van der Waals surface area contributed by atoms with Crippen molar-refractivity contribution >= 4 is 5.91 Å². The van der Waals surface area contributed by atoms with Crippen LogP contribution in [0.1, 0.15) is 51.3 Å². The summed E-state index contributed by atoms with van der Waals surface area (Å²) < 4.78 is 0. The minimum Gasteiger partial charge on any atom is -0.369 e. The van der Waals surface area contributed by atoms with E-state index in [0.29, 0.717) is 18.4 Å². The zero-order chi connectivity index (χ0) is 14.4. The fourth-order valence-electron chi connectivity index (χ4n) is 2.42. The van der Waals surface area contributed by atoms with Crippen molar-refractivity contribution in [2.45, 2.75) is 52.6 Å². The SMILES string of the molecule is CC(C)Cc1ccc([C@H](C)[NH2+][C@@H](C)CC(N)=O)cc1. The Morgan fingerprint density at radius 3 is 2.21 bits per heavy atom. The third-order valence-electron chi connectivity index (χ3n) is 3.29. The van der Waals surface area contributed by atoms with Crippen LogP contribution in [0.15, 0.2) is 24.3 Å². The first kappa shape index (κ1) is 15.7. The number of hydrogen-bond donors (Lipinski definition) is 2. The summed E-state index contributed by atoms with van der Waals surface area (Å²) in [5.41, 5.74) is 7.90. The van der Waals surface area contributed by atoms with Crippen LogP contribution in [0.25, 0.3) is 0 Å². The van der Waals surface area contributed by atoms with Crippen molar-refractivity contribution in [3.8, 4) is 0 Å². The third-order valence-corrected chi connectivity index (χ3v) is 3.29. The number of carbonyl (C=O) groups excluding carboxylic acids is 1. The average Bonchev–Trinajstić information content (AvgIpc) is 2.27. The second-order valence-electron chi connectivity index (χ2n) is 5.97. The molecule has 0 spiro atoms. The van der Waals surface area contributed by atoms with Crippen LogP contribution in [-0.2, 0) is 11.2 Å². The minimum absolute atomic E-state index is 0.225. The summed E-state index contributed by atoms with van der Waals surface area (Å²) in [6.45, 7) is 8.66. The van der Waals surface area contributed by atoms with Crippen molar-refractivity contribution in [2.24, 2.45) is 11.7 Å². The summed E-state index contributed by atoms with van der Waals surface area (Å²) in [5.74, 6) is 0.452. The molecule has 0 aliphatic heterocycles. The van der Waals surface area contributed by atoms with Gasteiger partial charge in [-0.1, -0.05) is 38.1 Å². The van der Waals surface area contributed by atoms with Gasteiger partial charge >= 0.3 is 0 Å². The van der Waals surface area contributed by atoms with Crippen molar-refractivity contribution in [2.75, 3.05) is 0 Å². The van der Waals surface area contributed by atoms with Crippen molar-refractivity contribution in [1.82, 2.24) is 0 Å². The van der Waals surface area contributed by atoms with Gasteiger partial charge in [0.1, 0.15) is 6.04 Å². The fraction of sp³-hybridized carbons (Fsp3) is 0.562. The number of primary amides is 1. The number of carbonyl (C=O) groups is 1. The fourth-order valence-corrected chi connectivity index (χ4v) is 2.42. The Kier molecular flexibility index (Phi) is 6.03. The van der Waals surface area contributed by atoms with Gasteiger partial charge in [-0.15, -0.1) is 0 Å². The molecule has 0 saturated carbocycles. The lowest BCUT2D eigenvalue weighted by Gasteiger charge is -2.16. The summed E-state index contributed by atoms with van der Waals surface area (Å²) in [6.07, 6.45) is 1.55. The zero-order valence-electron chi connectivity index (χ0n) is 12.5. The largest absolute Gasteiger partial charge is 0.369 e. The molecule has 0 aromatic heterocycles. The summed E-state index contributed by atoms with van der Waals surface area (Å²) in [4.78, 5) is 10.9. The Labute approximate surface area is 116 Å². The topological polar surface area (TPSA) is 59.7 Å². The van der Waals surface area contributed by atoms with Gasteiger partial charge in [0.2, 0.25) is 5.91 Å². The van der Waals surface area contributed by atoms with Crippen molar-refractivity contribution in [3.63, 3.8) is 0 Å². The van der Waals surface area contributed by atoms with Gasteiger partial charge < -0.3 is 11.1 Å². The predicted molar refractivity (Wildman–Crippen MR) is 78.6 cm³/mol. The van der Waals surface area contributed by atoms with Crippen molar-refractivity contribution < 1.29 is 10.1 Å². The predicted octanol–water partition coefficient (Wildman–Crippen LogP) is 1.77. The summed E-state index contributed by atoms with van der Waals surface area (Å²) in [6, 6.07) is 9.37. The van der Waals surface area contributed by atoms with E-state index in [1.165, 1.54) is 11.1 Å². The first-order chi connectivity index (χ1) is 8.88. The Hall–Kier alpha value is -1.35. The lowest BCUT2D eigenvalue weighted by Crippen LogP contribution is -2.89. The number of amides is 1. The van der Waals surface area contributed by atoms with Gasteiger partial charge in [0.25, 0.3) is 0 Å². The van der Waals surface area contributed by atoms with Gasteiger partial charge in [-0.3, -0.25) is 4.79 Å². The van der Waals surface area contributed by atoms with E-state index in [0.717, 1.165) is 6.42 Å². The molecule has 1 aromatic rings. The van der Waals surface area contributed by atoms with E-state index in [4.69, 9.17) is 5.73 Å². The smallest absolute Gasteiger partial charge is 0.223 e. The second-order valence-corrected chi connectivity index (χ2v) is 5.97. The van der Waals surface area contributed by atoms with Gasteiger partial charge in [-0.05, 0) is 31.7 Å². The van der Waals surface area contributed by atoms with E-state index in [9.17, 15) is 4.79 Å². The lowest BCUT2D eigenvalue weighted by atomic mass is 9.99. The van der Waals surface area contributed by atoms with E-state index in [-0.39, 0.29) is 11.9 Å². The lowest BCUT2D eigenvalue weighted by molar-refractivity contribution is -0.721. The summed E-state index contributed by atoms with van der Waals surface area (Å²) >= 11 is 0. The Morgan fingerprint density at radius 1 is 1.16 bits per heavy atom. The molecule has 0 aliphatic rings. The molecule has 0 bridgehead atoms. The Morgan fingerprint density at radius 2 is 1.74 bits per heavy atom. The monoisotopic (exact) mass is 263 g/mol. The maximum Gasteiger partial charge on any atom is 0.223 e. The van der Waals surface area contributed by atoms with Crippen LogP contribution >= 0.6 is 0 Å². The molecule has 0 fully saturated rings. The van der Waals surface area contributed by atoms with E-state index < -0.39 is 0 Å². The molecular formula is C16H27N2O+. The highest BCUT2D eigenvalue weighted by atomic mass is 16.1. The molecule has 0 unspecified atom stereocenters. The molecule has 1 amide bonds. The molecule has 19 heavy (non-hydrogen) atoms. The first-order valence-corrected chi connectivity index (χ1v) is 7.10. The van der Waals surface area contributed by atoms with E-state index in [1.54, 1.807) is 0 Å². The molecule has 3 heteroatoms. The molecule has 106 valence electrons. The van der Waals surface area contributed by atoms with Gasteiger partial charge in [0, 0.05) is 5.56 Å². The molecule has 0 radical (unpaired) electrons. The quantitative estimate of drug-likeness (QED) is 0.774. The van der Waals surface area contributed by atoms with Crippen LogP contribution in [0, 0.1) is 5.92 Å². The van der Waals surface area contributed by atoms with Crippen LogP contribution in [-0.4, -0.2) is 11.9 Å². The normalized spacial score (nSPS) is 14.4. The maximum absolute atomic E-state index is 10.9. The first-order valence-electron chi connectivity index (χ1n) is 7.10. The highest BCUT2D eigenvalue weighted by molar-refractivity contribution is 5.74. The summed E-state index contributed by atoms with van der Waals surface area (Å²) in [7, 11) is 0. The number of rotatable bonds is 7. The molecule has 1 aromatic carbocycles. The van der Waals surface area contributed by atoms with Gasteiger partial charge in [0.15, 0.2) is 0 Å². The standard InChI is InChI=1S/C16H26N2O/c1-11(2)9-14-5-7-15(8-6-14)13(4)18-12(3)10-16(17)19/h5-8,11-13,18H,9-10H2,1-4H3,(H2,17,19)/p+1/t12-,13-/m0/s1. The third kappa shape index (κ3) is 5.88. The maximum atomic E-state index is 10.9. The molecule has 3 nitrogen and oxygen atoms in total. The van der Waals surface area contributed by atoms with Crippen molar-refractivity contribution in [1.29, 1.82) is 0 Å². The van der Waals surface area contributed by atoms with Crippen LogP contribution in [0.2, 0.25) is 0 Å². The number of nitrogens with two attached hydrogens (primary N) is 2. The highest BCUT2D eigenvalue weighted by Crippen LogP contribution is 2.13. The zero-order valence-corrected chi connectivity index (χ0v) is 12.5. The van der Waals surface area contributed by atoms with Gasteiger partial charge in [-0.25, -0.2) is 0 Å². The van der Waals surface area contributed by atoms with Gasteiger partial charge in [0.05, 0.1) is 12.5 Å². The average molecular weight is 263 g/mol. The molecule has 4 N–H and O–H groups in total. The molecule has 0 heterocycles. The van der Waals surface area contributed by atoms with E-state index in [1.807, 2.05) is 6.92 Å². The number of benzene rings is 1. The van der Waals surface area contributed by atoms with Crippen LogP contribution in [0.3, 0.4) is 0 Å². The highest BCUT2D eigenvalue weighted by Gasteiger charge is 2.15. The summed E-state index contributed by atoms with van der Waals surface area (Å²) in [5, 5.41) is 2.20.